The number of nitrogens with one attached hydrogen (secondary N) is 2. The summed E-state index contributed by atoms with van der Waals surface area (Å²) in [5.41, 5.74) is 3.00. The molecule has 0 bridgehead atoms. The Bertz CT molecular complexity index is 574. The maximum absolute atomic E-state index is 6.21. The second-order valence-corrected chi connectivity index (χ2v) is 5.70. The molecule has 2 heterocycles. The summed E-state index contributed by atoms with van der Waals surface area (Å²) in [4.78, 5) is 0. The van der Waals surface area contributed by atoms with Gasteiger partial charge < -0.3 is 5.32 Å². The van der Waals surface area contributed by atoms with Gasteiger partial charge in [-0.1, -0.05) is 23.2 Å². The van der Waals surface area contributed by atoms with E-state index >= 15 is 0 Å². The van der Waals surface area contributed by atoms with Crippen LogP contribution in [0.2, 0.25) is 10.0 Å². The topological polar surface area (TPSA) is 40.7 Å². The molecule has 0 unspecified atom stereocenters. The number of rotatable bonds is 2. The maximum Gasteiger partial charge on any atom is 0.0938 e. The van der Waals surface area contributed by atoms with Crippen molar-refractivity contribution in [2.24, 2.45) is 0 Å². The molecule has 5 heteroatoms. The van der Waals surface area contributed by atoms with Gasteiger partial charge in [0.05, 0.1) is 10.7 Å². The molecule has 0 saturated carbocycles. The van der Waals surface area contributed by atoms with Crippen molar-refractivity contribution in [3.05, 3.63) is 40.0 Å². The van der Waals surface area contributed by atoms with Crippen molar-refractivity contribution in [3.63, 3.8) is 0 Å². The van der Waals surface area contributed by atoms with Crippen LogP contribution >= 0.6 is 23.2 Å². The highest BCUT2D eigenvalue weighted by molar-refractivity contribution is 6.36. The van der Waals surface area contributed by atoms with E-state index in [-0.39, 0.29) is 0 Å². The lowest BCUT2D eigenvalue weighted by molar-refractivity contribution is 0.453. The fourth-order valence-electron chi connectivity index (χ4n) is 2.51. The van der Waals surface area contributed by atoms with E-state index < -0.39 is 0 Å². The summed E-state index contributed by atoms with van der Waals surface area (Å²) in [6.45, 7) is 2.14. The van der Waals surface area contributed by atoms with Gasteiger partial charge in [0.25, 0.3) is 0 Å². The quantitative estimate of drug-likeness (QED) is 0.883. The first-order chi connectivity index (χ1) is 9.24. The smallest absolute Gasteiger partial charge is 0.0938 e. The molecule has 3 nitrogen and oxygen atoms in total. The van der Waals surface area contributed by atoms with Gasteiger partial charge in [-0.25, -0.2) is 0 Å². The van der Waals surface area contributed by atoms with Gasteiger partial charge in [0.15, 0.2) is 0 Å². The van der Waals surface area contributed by atoms with E-state index in [1.165, 1.54) is 5.69 Å². The second-order valence-electron chi connectivity index (χ2n) is 4.86. The van der Waals surface area contributed by atoms with Crippen molar-refractivity contribution in [3.8, 4) is 11.3 Å². The van der Waals surface area contributed by atoms with Crippen molar-refractivity contribution in [2.45, 2.75) is 18.8 Å². The number of H-pyrrole nitrogens is 1. The molecule has 0 spiro atoms. The minimum Gasteiger partial charge on any atom is -0.317 e. The summed E-state index contributed by atoms with van der Waals surface area (Å²) in [5.74, 6) is 0.563. The monoisotopic (exact) mass is 295 g/mol. The summed E-state index contributed by atoms with van der Waals surface area (Å²) in [6.07, 6.45) is 2.30. The van der Waals surface area contributed by atoms with Crippen LogP contribution in [-0.2, 0) is 0 Å². The minimum absolute atomic E-state index is 0.563. The fourth-order valence-corrected chi connectivity index (χ4v) is 3.02. The average Bonchev–Trinajstić information content (AvgIpc) is 2.89. The van der Waals surface area contributed by atoms with E-state index in [2.05, 4.69) is 21.6 Å². The van der Waals surface area contributed by atoms with Gasteiger partial charge >= 0.3 is 0 Å². The van der Waals surface area contributed by atoms with Crippen molar-refractivity contribution >= 4 is 23.2 Å². The lowest BCUT2D eigenvalue weighted by atomic mass is 9.94. The van der Waals surface area contributed by atoms with Crippen molar-refractivity contribution in [1.29, 1.82) is 0 Å². The largest absolute Gasteiger partial charge is 0.317 e. The van der Waals surface area contributed by atoms with Crippen LogP contribution in [0.1, 0.15) is 24.5 Å². The van der Waals surface area contributed by atoms with Crippen molar-refractivity contribution in [1.82, 2.24) is 15.5 Å². The van der Waals surface area contributed by atoms with Crippen LogP contribution in [0, 0.1) is 0 Å². The predicted octanol–water partition coefficient (Wildman–Crippen LogP) is 3.85. The number of hydrogen-bond acceptors (Lipinski definition) is 2. The van der Waals surface area contributed by atoms with Gasteiger partial charge in [0, 0.05) is 22.2 Å². The molecule has 0 atom stereocenters. The number of hydrogen-bond donors (Lipinski definition) is 2. The van der Waals surface area contributed by atoms with Crippen molar-refractivity contribution in [2.75, 3.05) is 13.1 Å². The predicted molar refractivity (Wildman–Crippen MR) is 78.9 cm³/mol. The highest BCUT2D eigenvalue weighted by atomic mass is 35.5. The van der Waals surface area contributed by atoms with Gasteiger partial charge in [-0.15, -0.1) is 0 Å². The summed E-state index contributed by atoms with van der Waals surface area (Å²) in [7, 11) is 0. The van der Waals surface area contributed by atoms with Gasteiger partial charge in [0.2, 0.25) is 0 Å². The Morgan fingerprint density at radius 1 is 1.11 bits per heavy atom. The SMILES string of the molecule is Clc1ccc(-c2cc(C3CCNCC3)[nH]n2)c(Cl)c1. The Labute approximate surface area is 122 Å². The van der Waals surface area contributed by atoms with E-state index in [4.69, 9.17) is 23.2 Å². The second kappa shape index (κ2) is 5.53. The molecule has 1 saturated heterocycles. The standard InChI is InChI=1S/C14H15Cl2N3/c15-10-1-2-11(12(16)7-10)14-8-13(18-19-14)9-3-5-17-6-4-9/h1-2,7-9,17H,3-6H2,(H,18,19). The summed E-state index contributed by atoms with van der Waals surface area (Å²) in [5, 5.41) is 12.2. The lowest BCUT2D eigenvalue weighted by Gasteiger charge is -2.20. The van der Waals surface area contributed by atoms with Crippen LogP contribution in [0.5, 0.6) is 0 Å². The third-order valence-electron chi connectivity index (χ3n) is 3.58. The molecular weight excluding hydrogens is 281 g/mol. The summed E-state index contributed by atoms with van der Waals surface area (Å²) < 4.78 is 0. The first-order valence-corrected chi connectivity index (χ1v) is 7.21. The average molecular weight is 296 g/mol. The zero-order valence-electron chi connectivity index (χ0n) is 10.4. The molecule has 1 aliphatic rings. The van der Waals surface area contributed by atoms with Crippen LogP contribution in [-0.4, -0.2) is 23.3 Å². The molecule has 1 aromatic heterocycles. The number of piperidine rings is 1. The zero-order valence-corrected chi connectivity index (χ0v) is 11.9. The Morgan fingerprint density at radius 2 is 1.89 bits per heavy atom. The van der Waals surface area contributed by atoms with Gasteiger partial charge in [0.1, 0.15) is 0 Å². The maximum atomic E-state index is 6.21. The number of benzene rings is 1. The Balaban J connectivity index is 1.87. The number of halogens is 2. The molecular formula is C14H15Cl2N3. The van der Waals surface area contributed by atoms with Gasteiger partial charge in [-0.3, -0.25) is 5.10 Å². The van der Waals surface area contributed by atoms with Crippen LogP contribution in [0.4, 0.5) is 0 Å². The highest BCUT2D eigenvalue weighted by Crippen LogP contribution is 2.32. The molecule has 19 heavy (non-hydrogen) atoms. The minimum atomic E-state index is 0.563. The Kier molecular flexibility index (Phi) is 3.78. The highest BCUT2D eigenvalue weighted by Gasteiger charge is 2.18. The Hall–Kier alpha value is -1.03. The zero-order chi connectivity index (χ0) is 13.2. The molecule has 100 valence electrons. The van der Waals surface area contributed by atoms with E-state index in [0.29, 0.717) is 16.0 Å². The molecule has 2 aromatic rings. The normalized spacial score (nSPS) is 16.7. The lowest BCUT2D eigenvalue weighted by Crippen LogP contribution is -2.26. The molecule has 0 amide bonds. The van der Waals surface area contributed by atoms with Crippen LogP contribution in [0.25, 0.3) is 11.3 Å². The molecule has 1 fully saturated rings. The van der Waals surface area contributed by atoms with E-state index in [0.717, 1.165) is 37.2 Å². The fraction of sp³-hybridized carbons (Fsp3) is 0.357. The molecule has 0 radical (unpaired) electrons. The van der Waals surface area contributed by atoms with E-state index in [1.54, 1.807) is 6.07 Å². The van der Waals surface area contributed by atoms with E-state index in [9.17, 15) is 0 Å². The molecule has 2 N–H and O–H groups in total. The molecule has 3 rings (SSSR count). The third kappa shape index (κ3) is 2.78. The first-order valence-electron chi connectivity index (χ1n) is 6.45. The van der Waals surface area contributed by atoms with Crippen molar-refractivity contribution < 1.29 is 0 Å². The molecule has 1 aromatic carbocycles. The summed E-state index contributed by atoms with van der Waals surface area (Å²) in [6, 6.07) is 7.59. The molecule has 0 aliphatic carbocycles. The Morgan fingerprint density at radius 3 is 2.63 bits per heavy atom. The first kappa shape index (κ1) is 13.0. The van der Waals surface area contributed by atoms with Gasteiger partial charge in [-0.2, -0.15) is 5.10 Å². The van der Waals surface area contributed by atoms with E-state index in [1.807, 2.05) is 12.1 Å². The van der Waals surface area contributed by atoms with Crippen LogP contribution in [0.15, 0.2) is 24.3 Å². The van der Waals surface area contributed by atoms with Gasteiger partial charge in [-0.05, 0) is 50.2 Å². The van der Waals surface area contributed by atoms with Crippen LogP contribution < -0.4 is 5.32 Å². The van der Waals surface area contributed by atoms with Crippen LogP contribution in [0.3, 0.4) is 0 Å². The number of aromatic nitrogens is 2. The number of nitrogens with zero attached hydrogens (tertiary/aromatic N) is 1. The third-order valence-corrected chi connectivity index (χ3v) is 4.13. The molecule has 1 aliphatic heterocycles. The number of aromatic amines is 1. The summed E-state index contributed by atoms with van der Waals surface area (Å²) >= 11 is 12.1.